The molecular formula is C20H23FeN. The Balaban J connectivity index is 1.40. The van der Waals surface area contributed by atoms with E-state index in [1.165, 1.54) is 50.6 Å². The second-order valence-corrected chi connectivity index (χ2v) is 36.4. The van der Waals surface area contributed by atoms with Crippen LogP contribution in [0.15, 0.2) is 24.3 Å². The summed E-state index contributed by atoms with van der Waals surface area (Å²) in [4.78, 5) is 13.7. The predicted molar refractivity (Wildman–Crippen MR) is 84.1 cm³/mol. The standard InChI is InChI=1S/C12H11.C8H12N.Fe/c1-10-6-8-12(9-7-10)11-4-2-3-5-11;1-9(2)7-8-5-3-4-6-8;/h2-9H,1H3;3-6H,7H2,1-2H3;. The van der Waals surface area contributed by atoms with E-state index >= 15 is 0 Å². The zero-order valence-electron chi connectivity index (χ0n) is 13.4. The third kappa shape index (κ3) is 0.113. The number of rotatable bonds is 3. The number of nitrogens with zero attached hydrogens (tertiary/aromatic N) is 1. The number of aryl methyl sites for hydroxylation is 1. The van der Waals surface area contributed by atoms with Gasteiger partial charge in [0.25, 0.3) is 0 Å². The van der Waals surface area contributed by atoms with Crippen LogP contribution in [0.25, 0.3) is 0 Å². The van der Waals surface area contributed by atoms with E-state index < -0.39 is 6.51 Å². The molecule has 10 fully saturated rings. The molecule has 10 aliphatic rings. The van der Waals surface area contributed by atoms with E-state index in [1.54, 1.807) is 0 Å². The average molecular weight is 333 g/mol. The molecule has 0 bridgehead atoms. The van der Waals surface area contributed by atoms with Gasteiger partial charge in [0, 0.05) is 0 Å². The van der Waals surface area contributed by atoms with Gasteiger partial charge in [0.15, 0.2) is 0 Å². The minimum atomic E-state index is -3.19. The van der Waals surface area contributed by atoms with Gasteiger partial charge in [0.05, 0.1) is 0 Å². The van der Waals surface area contributed by atoms with Crippen molar-refractivity contribution in [2.75, 3.05) is 20.6 Å². The molecule has 8 unspecified atom stereocenters. The molecule has 1 aromatic rings. The molecule has 10 saturated heterocycles. The fourth-order valence-electron chi connectivity index (χ4n) is 19.5. The summed E-state index contributed by atoms with van der Waals surface area (Å²) in [5.74, 6) is 0. The summed E-state index contributed by atoms with van der Waals surface area (Å²) in [6.07, 6.45) is 0. The summed E-state index contributed by atoms with van der Waals surface area (Å²) < 4.78 is 1.90. The van der Waals surface area contributed by atoms with Crippen LogP contribution in [0.1, 0.15) is 11.1 Å². The summed E-state index contributed by atoms with van der Waals surface area (Å²) in [6, 6.07) is 10.1. The van der Waals surface area contributed by atoms with E-state index in [0.717, 1.165) is 8.63 Å². The van der Waals surface area contributed by atoms with Crippen molar-refractivity contribution in [2.45, 2.75) is 54.1 Å². The van der Waals surface area contributed by atoms with E-state index in [2.05, 4.69) is 50.2 Å². The monoisotopic (exact) mass is 333 g/mol. The summed E-state index contributed by atoms with van der Waals surface area (Å²) in [7, 11) is 4.73. The van der Waals surface area contributed by atoms with E-state index in [4.69, 9.17) is 0 Å². The van der Waals surface area contributed by atoms with Gasteiger partial charge in [-0.05, 0) is 0 Å². The van der Waals surface area contributed by atoms with Crippen LogP contribution in [0.3, 0.4) is 0 Å². The maximum absolute atomic E-state index is 3.19. The molecule has 2 heteroatoms. The van der Waals surface area contributed by atoms with Gasteiger partial charge >= 0.3 is 122 Å². The van der Waals surface area contributed by atoms with Crippen LogP contribution in [0.4, 0.5) is 0 Å². The molecule has 8 atom stereocenters. The molecule has 1 nitrogen and oxygen atoms in total. The molecule has 11 rings (SSSR count). The number of hydrogen-bond donors (Lipinski definition) is 0. The molecule has 116 valence electrons. The fraction of sp³-hybridized carbons (Fsp3) is 0.700. The Bertz CT molecular complexity index is 1280. The molecule has 0 aliphatic carbocycles. The predicted octanol–water partition coefficient (Wildman–Crippen LogP) is 4.72. The van der Waals surface area contributed by atoms with Crippen molar-refractivity contribution >= 4 is 0 Å². The van der Waals surface area contributed by atoms with Gasteiger partial charge < -0.3 is 0 Å². The van der Waals surface area contributed by atoms with Gasteiger partial charge in [-0.1, -0.05) is 0 Å². The topological polar surface area (TPSA) is 3.24 Å². The quantitative estimate of drug-likeness (QED) is 0.723. The molecule has 1 aromatic carbocycles. The van der Waals surface area contributed by atoms with Crippen LogP contribution < -0.4 is 0 Å². The van der Waals surface area contributed by atoms with Crippen LogP contribution in [0.5, 0.6) is 0 Å². The van der Waals surface area contributed by atoms with Gasteiger partial charge in [-0.3, -0.25) is 0 Å². The summed E-state index contributed by atoms with van der Waals surface area (Å²) >= 11 is 0. The van der Waals surface area contributed by atoms with Gasteiger partial charge in [0.1, 0.15) is 0 Å². The SMILES string of the molecule is Cc1ccc([C]23[CH]4[CH]5[CH]6[CH]2[Fe]56432789[CH]3[CH]2[CH]7[C]8(CN(C)C)[CH]39)cc1. The Hall–Kier alpha value is -0.301. The molecule has 0 aromatic heterocycles. The molecule has 10 aliphatic heterocycles. The molecule has 1 spiro atoms. The van der Waals surface area contributed by atoms with Gasteiger partial charge in [-0.15, -0.1) is 0 Å². The van der Waals surface area contributed by atoms with Crippen LogP contribution in [-0.4, -0.2) is 25.5 Å². The molecule has 0 N–H and O–H groups in total. The Labute approximate surface area is 121 Å². The number of hydrogen-bond acceptors (Lipinski definition) is 1. The van der Waals surface area contributed by atoms with Gasteiger partial charge in [0.2, 0.25) is 0 Å². The summed E-state index contributed by atoms with van der Waals surface area (Å²) in [6.45, 7) is 0.581. The Morgan fingerprint density at radius 2 is 1.45 bits per heavy atom. The molecule has 10 heterocycles. The van der Waals surface area contributed by atoms with E-state index in [0.29, 0.717) is 0 Å². The first-order valence-electron chi connectivity index (χ1n) is 9.28. The van der Waals surface area contributed by atoms with Crippen LogP contribution in [-0.2, 0) is 10.8 Å². The first-order valence-corrected chi connectivity index (χ1v) is 15.5. The van der Waals surface area contributed by atoms with Gasteiger partial charge in [-0.2, -0.15) is 0 Å². The number of benzene rings is 1. The first-order chi connectivity index (χ1) is 10.3. The number of fused-ring (bicyclic) bond motifs is 10. The zero-order chi connectivity index (χ0) is 14.2. The minimum absolute atomic E-state index is 0.901. The first kappa shape index (κ1) is 9.25. The molecule has 0 radical (unpaired) electrons. The van der Waals surface area contributed by atoms with Crippen molar-refractivity contribution in [3.8, 4) is 0 Å². The third-order valence-electron chi connectivity index (χ3n) is 17.2. The van der Waals surface area contributed by atoms with Crippen molar-refractivity contribution in [1.29, 1.82) is 0 Å². The van der Waals surface area contributed by atoms with Crippen LogP contribution in [0, 0.1) is 6.92 Å². The molecule has 22 heavy (non-hydrogen) atoms. The summed E-state index contributed by atoms with van der Waals surface area (Å²) in [5, 5.41) is 0. The van der Waals surface area contributed by atoms with E-state index in [1.807, 2.05) is 5.56 Å². The molecule has 0 saturated carbocycles. The van der Waals surface area contributed by atoms with Crippen molar-refractivity contribution in [3.63, 3.8) is 0 Å². The average Bonchev–Trinajstić information content (AvgIpc) is 3.41. The van der Waals surface area contributed by atoms with Crippen molar-refractivity contribution < 1.29 is 6.51 Å². The second-order valence-electron chi connectivity index (χ2n) is 13.0. The van der Waals surface area contributed by atoms with Crippen molar-refractivity contribution in [1.82, 2.24) is 4.90 Å². The van der Waals surface area contributed by atoms with E-state index in [-0.39, 0.29) is 0 Å². The molecular weight excluding hydrogens is 310 g/mol. The maximum atomic E-state index is 2.60. The Morgan fingerprint density at radius 3 is 1.91 bits per heavy atom. The Morgan fingerprint density at radius 1 is 0.909 bits per heavy atom. The Kier molecular flexibility index (Phi) is 0.377. The molecule has 0 amide bonds. The van der Waals surface area contributed by atoms with Crippen LogP contribution >= 0.6 is 0 Å². The normalized spacial score (nSPS) is 98.4. The fourth-order valence-corrected chi connectivity index (χ4v) is 96.4. The second kappa shape index (κ2) is 0.896. The van der Waals surface area contributed by atoms with Crippen molar-refractivity contribution in [2.24, 2.45) is 0 Å². The van der Waals surface area contributed by atoms with Crippen molar-refractivity contribution in [3.05, 3.63) is 35.4 Å². The zero-order valence-corrected chi connectivity index (χ0v) is 14.5. The van der Waals surface area contributed by atoms with Crippen LogP contribution in [0.2, 0.25) is 42.8 Å². The third-order valence-corrected chi connectivity index (χ3v) is 60.5. The summed E-state index contributed by atoms with van der Waals surface area (Å²) in [5.41, 5.74) is 3.33. The van der Waals surface area contributed by atoms with E-state index in [9.17, 15) is 0 Å². The van der Waals surface area contributed by atoms with Gasteiger partial charge in [-0.25, -0.2) is 0 Å².